The summed E-state index contributed by atoms with van der Waals surface area (Å²) in [5.41, 5.74) is 2.28. The van der Waals surface area contributed by atoms with Gasteiger partial charge in [-0.05, 0) is 31.9 Å². The molecule has 0 atom stereocenters. The van der Waals surface area contributed by atoms with Crippen LogP contribution in [0.15, 0.2) is 12.3 Å². The molecule has 1 aromatic heterocycles. The Labute approximate surface area is 78.1 Å². The summed E-state index contributed by atoms with van der Waals surface area (Å²) >= 11 is 0. The van der Waals surface area contributed by atoms with E-state index < -0.39 is 0 Å². The van der Waals surface area contributed by atoms with Crippen LogP contribution in [-0.2, 0) is 16.0 Å². The minimum atomic E-state index is -0.130. The third-order valence-corrected chi connectivity index (χ3v) is 1.79. The van der Waals surface area contributed by atoms with Gasteiger partial charge in [0.05, 0.1) is 13.0 Å². The molecule has 1 heterocycles. The van der Waals surface area contributed by atoms with Gasteiger partial charge in [0, 0.05) is 11.9 Å². The van der Waals surface area contributed by atoms with E-state index in [1.54, 1.807) is 0 Å². The minimum Gasteiger partial charge on any atom is -0.466 e. The molecule has 0 fully saturated rings. The van der Waals surface area contributed by atoms with Gasteiger partial charge >= 0.3 is 5.97 Å². The second-order valence-corrected chi connectivity index (χ2v) is 3.01. The summed E-state index contributed by atoms with van der Waals surface area (Å²) < 4.78 is 4.82. The van der Waals surface area contributed by atoms with Crippen molar-refractivity contribution in [2.24, 2.45) is 0 Å². The number of nitrogens with one attached hydrogen (secondary N) is 1. The lowest BCUT2D eigenvalue weighted by molar-refractivity contribution is -0.143. The molecule has 1 N–H and O–H groups in total. The summed E-state index contributed by atoms with van der Waals surface area (Å²) in [6.45, 7) is 4.30. The number of aryl methyl sites for hydroxylation is 2. The molecule has 72 valence electrons. The van der Waals surface area contributed by atoms with Gasteiger partial charge in [0.15, 0.2) is 0 Å². The van der Waals surface area contributed by atoms with Crippen LogP contribution < -0.4 is 0 Å². The maximum absolute atomic E-state index is 11.0. The highest BCUT2D eigenvalue weighted by molar-refractivity contribution is 5.69. The Balaban J connectivity index is 2.30. The summed E-state index contributed by atoms with van der Waals surface area (Å²) in [5, 5.41) is 0. The summed E-state index contributed by atoms with van der Waals surface area (Å²) in [6.07, 6.45) is 3.11. The Hall–Kier alpha value is -1.25. The minimum absolute atomic E-state index is 0.130. The van der Waals surface area contributed by atoms with Crippen LogP contribution in [0.25, 0.3) is 0 Å². The summed E-state index contributed by atoms with van der Waals surface area (Å²) in [7, 11) is 0. The zero-order chi connectivity index (χ0) is 9.68. The molecule has 0 spiro atoms. The maximum Gasteiger partial charge on any atom is 0.306 e. The first-order chi connectivity index (χ1) is 6.22. The lowest BCUT2D eigenvalue weighted by Crippen LogP contribution is -2.05. The number of rotatable bonds is 4. The lowest BCUT2D eigenvalue weighted by atomic mass is 10.2. The second kappa shape index (κ2) is 4.70. The molecule has 0 bridgehead atoms. The normalized spacial score (nSPS) is 10.0. The highest BCUT2D eigenvalue weighted by atomic mass is 16.5. The van der Waals surface area contributed by atoms with Crippen LogP contribution in [0, 0.1) is 6.92 Å². The molecule has 0 aromatic carbocycles. The Morgan fingerprint density at radius 3 is 2.92 bits per heavy atom. The quantitative estimate of drug-likeness (QED) is 0.720. The molecular formula is C10H15NO2. The summed E-state index contributed by atoms with van der Waals surface area (Å²) in [6, 6.07) is 2.04. The highest BCUT2D eigenvalue weighted by Crippen LogP contribution is 2.04. The van der Waals surface area contributed by atoms with E-state index in [0.717, 1.165) is 12.1 Å². The summed E-state index contributed by atoms with van der Waals surface area (Å²) in [4.78, 5) is 14.1. The van der Waals surface area contributed by atoms with Crippen molar-refractivity contribution in [1.82, 2.24) is 4.98 Å². The number of esters is 1. The molecule has 0 saturated heterocycles. The number of hydrogen-bond acceptors (Lipinski definition) is 2. The molecule has 1 rings (SSSR count). The van der Waals surface area contributed by atoms with Crippen molar-refractivity contribution in [2.75, 3.05) is 6.61 Å². The van der Waals surface area contributed by atoms with E-state index in [2.05, 4.69) is 4.98 Å². The van der Waals surface area contributed by atoms with E-state index in [1.165, 1.54) is 5.56 Å². The van der Waals surface area contributed by atoms with Gasteiger partial charge < -0.3 is 9.72 Å². The van der Waals surface area contributed by atoms with Gasteiger partial charge in [0.1, 0.15) is 0 Å². The molecule has 0 amide bonds. The molecule has 3 heteroatoms. The largest absolute Gasteiger partial charge is 0.466 e. The smallest absolute Gasteiger partial charge is 0.306 e. The topological polar surface area (TPSA) is 42.1 Å². The van der Waals surface area contributed by atoms with Crippen molar-refractivity contribution in [3.05, 3.63) is 23.5 Å². The van der Waals surface area contributed by atoms with Crippen molar-refractivity contribution in [1.29, 1.82) is 0 Å². The first-order valence-electron chi connectivity index (χ1n) is 4.52. The average Bonchev–Trinajstić information content (AvgIpc) is 2.49. The number of ether oxygens (including phenoxy) is 1. The molecular weight excluding hydrogens is 166 g/mol. The predicted octanol–water partition coefficient (Wildman–Crippen LogP) is 1.82. The van der Waals surface area contributed by atoms with E-state index in [1.807, 2.05) is 26.1 Å². The fraction of sp³-hybridized carbons (Fsp3) is 0.500. The first-order valence-corrected chi connectivity index (χ1v) is 4.52. The Bertz CT molecular complexity index is 278. The van der Waals surface area contributed by atoms with Crippen LogP contribution in [0.3, 0.4) is 0 Å². The number of aromatic amines is 1. The number of carbonyl (C=O) groups excluding carboxylic acids is 1. The number of H-pyrrole nitrogens is 1. The average molecular weight is 181 g/mol. The Morgan fingerprint density at radius 2 is 2.38 bits per heavy atom. The number of carbonyl (C=O) groups is 1. The van der Waals surface area contributed by atoms with Gasteiger partial charge in [-0.2, -0.15) is 0 Å². The van der Waals surface area contributed by atoms with E-state index in [-0.39, 0.29) is 5.97 Å². The van der Waals surface area contributed by atoms with E-state index in [0.29, 0.717) is 13.0 Å². The van der Waals surface area contributed by atoms with Gasteiger partial charge in [-0.15, -0.1) is 0 Å². The molecule has 3 nitrogen and oxygen atoms in total. The number of hydrogen-bond donors (Lipinski definition) is 1. The first kappa shape index (κ1) is 9.84. The zero-order valence-electron chi connectivity index (χ0n) is 8.09. The van der Waals surface area contributed by atoms with Crippen LogP contribution >= 0.6 is 0 Å². The fourth-order valence-corrected chi connectivity index (χ4v) is 1.18. The van der Waals surface area contributed by atoms with Crippen molar-refractivity contribution in [3.63, 3.8) is 0 Å². The Morgan fingerprint density at radius 1 is 1.62 bits per heavy atom. The third kappa shape index (κ3) is 3.32. The molecule has 0 aliphatic carbocycles. The molecule has 0 radical (unpaired) electrons. The summed E-state index contributed by atoms with van der Waals surface area (Å²) in [5.74, 6) is -0.130. The third-order valence-electron chi connectivity index (χ3n) is 1.79. The molecule has 0 saturated carbocycles. The monoisotopic (exact) mass is 181 g/mol. The van der Waals surface area contributed by atoms with Crippen LogP contribution in [0.4, 0.5) is 0 Å². The predicted molar refractivity (Wildman–Crippen MR) is 50.5 cm³/mol. The van der Waals surface area contributed by atoms with E-state index >= 15 is 0 Å². The zero-order valence-corrected chi connectivity index (χ0v) is 8.09. The van der Waals surface area contributed by atoms with Gasteiger partial charge in [-0.3, -0.25) is 4.79 Å². The number of aromatic nitrogens is 1. The molecule has 0 unspecified atom stereocenters. The highest BCUT2D eigenvalue weighted by Gasteiger charge is 2.02. The van der Waals surface area contributed by atoms with Gasteiger partial charge in [0.2, 0.25) is 0 Å². The van der Waals surface area contributed by atoms with Crippen LogP contribution in [0.1, 0.15) is 24.6 Å². The molecule has 0 aliphatic heterocycles. The van der Waals surface area contributed by atoms with Gasteiger partial charge in [-0.25, -0.2) is 0 Å². The van der Waals surface area contributed by atoms with Gasteiger partial charge in [0.25, 0.3) is 0 Å². The molecule has 0 aliphatic rings. The fourth-order valence-electron chi connectivity index (χ4n) is 1.18. The standard InChI is InChI=1S/C10H15NO2/c1-3-13-10(12)5-4-9-6-8(2)7-11-9/h6-7,11H,3-5H2,1-2H3. The lowest BCUT2D eigenvalue weighted by Gasteiger charge is -1.99. The van der Waals surface area contributed by atoms with Crippen molar-refractivity contribution < 1.29 is 9.53 Å². The van der Waals surface area contributed by atoms with Crippen LogP contribution in [-0.4, -0.2) is 17.6 Å². The molecule has 1 aromatic rings. The second-order valence-electron chi connectivity index (χ2n) is 3.01. The van der Waals surface area contributed by atoms with E-state index in [4.69, 9.17) is 4.74 Å². The van der Waals surface area contributed by atoms with E-state index in [9.17, 15) is 4.79 Å². The van der Waals surface area contributed by atoms with Crippen LogP contribution in [0.2, 0.25) is 0 Å². The van der Waals surface area contributed by atoms with Gasteiger partial charge in [-0.1, -0.05) is 0 Å². The maximum atomic E-state index is 11.0. The SMILES string of the molecule is CCOC(=O)CCc1cc(C)c[nH]1. The van der Waals surface area contributed by atoms with Crippen molar-refractivity contribution in [3.8, 4) is 0 Å². The Kier molecular flexibility index (Phi) is 3.55. The van der Waals surface area contributed by atoms with Crippen molar-refractivity contribution in [2.45, 2.75) is 26.7 Å². The molecule has 13 heavy (non-hydrogen) atoms. The van der Waals surface area contributed by atoms with Crippen LogP contribution in [0.5, 0.6) is 0 Å². The van der Waals surface area contributed by atoms with Crippen molar-refractivity contribution >= 4 is 5.97 Å².